The summed E-state index contributed by atoms with van der Waals surface area (Å²) in [5.41, 5.74) is 7.72. The first-order chi connectivity index (χ1) is 8.16. The van der Waals surface area contributed by atoms with E-state index in [1.165, 1.54) is 5.56 Å². The topological polar surface area (TPSA) is 84.6 Å². The fraction of sp³-hybridized carbons (Fsp3) is 0.417. The van der Waals surface area contributed by atoms with E-state index in [1.807, 2.05) is 12.1 Å². The lowest BCUT2D eigenvalue weighted by Crippen LogP contribution is -2.40. The van der Waals surface area contributed by atoms with Crippen LogP contribution >= 0.6 is 0 Å². The van der Waals surface area contributed by atoms with E-state index < -0.39 is 12.0 Å². The van der Waals surface area contributed by atoms with Crippen LogP contribution in [0.5, 0.6) is 5.75 Å². The zero-order valence-electron chi connectivity index (χ0n) is 9.48. The van der Waals surface area contributed by atoms with Crippen LogP contribution in [0.1, 0.15) is 11.1 Å². The summed E-state index contributed by atoms with van der Waals surface area (Å²) in [6.45, 7) is 1.63. The lowest BCUT2D eigenvalue weighted by atomic mass is 10.1. The van der Waals surface area contributed by atoms with E-state index in [1.54, 1.807) is 0 Å². The summed E-state index contributed by atoms with van der Waals surface area (Å²) in [4.78, 5) is 10.5. The molecule has 1 aromatic rings. The first-order valence-electron chi connectivity index (χ1n) is 5.60. The van der Waals surface area contributed by atoms with Crippen LogP contribution in [0.4, 0.5) is 0 Å². The van der Waals surface area contributed by atoms with Crippen LogP contribution in [0, 0.1) is 0 Å². The fourth-order valence-corrected chi connectivity index (χ4v) is 1.81. The summed E-state index contributed by atoms with van der Waals surface area (Å²) >= 11 is 0. The number of nitrogens with one attached hydrogen (secondary N) is 1. The van der Waals surface area contributed by atoms with Gasteiger partial charge in [0.2, 0.25) is 0 Å². The predicted octanol–water partition coefficient (Wildman–Crippen LogP) is 0.123. The molecule has 5 heteroatoms. The molecule has 1 aliphatic rings. The van der Waals surface area contributed by atoms with E-state index in [9.17, 15) is 4.79 Å². The average Bonchev–Trinajstić information content (AvgIpc) is 2.75. The zero-order valence-corrected chi connectivity index (χ0v) is 9.48. The second kappa shape index (κ2) is 5.16. The number of carboxylic acids is 1. The monoisotopic (exact) mass is 236 g/mol. The third-order valence-corrected chi connectivity index (χ3v) is 2.76. The zero-order chi connectivity index (χ0) is 12.3. The maximum Gasteiger partial charge on any atom is 0.321 e. The van der Waals surface area contributed by atoms with Crippen molar-refractivity contribution in [1.29, 1.82) is 0 Å². The Bertz CT molecular complexity index is 420. The second-order valence-electron chi connectivity index (χ2n) is 4.12. The van der Waals surface area contributed by atoms with Crippen LogP contribution in [0.15, 0.2) is 18.2 Å². The highest BCUT2D eigenvalue weighted by Crippen LogP contribution is 2.25. The molecule has 17 heavy (non-hydrogen) atoms. The van der Waals surface area contributed by atoms with Crippen LogP contribution in [-0.2, 0) is 17.8 Å². The number of aliphatic carboxylic acids is 1. The van der Waals surface area contributed by atoms with Crippen molar-refractivity contribution in [3.63, 3.8) is 0 Å². The van der Waals surface area contributed by atoms with Crippen LogP contribution in [-0.4, -0.2) is 30.3 Å². The molecule has 0 bridgehead atoms. The molecule has 5 nitrogen and oxygen atoms in total. The second-order valence-corrected chi connectivity index (χ2v) is 4.12. The largest absolute Gasteiger partial charge is 0.493 e. The molecule has 1 atom stereocenters. The highest BCUT2D eigenvalue weighted by molar-refractivity contribution is 5.73. The highest BCUT2D eigenvalue weighted by atomic mass is 16.5. The summed E-state index contributed by atoms with van der Waals surface area (Å²) in [7, 11) is 0. The van der Waals surface area contributed by atoms with E-state index in [0.29, 0.717) is 6.54 Å². The predicted molar refractivity (Wildman–Crippen MR) is 63.0 cm³/mol. The smallest absolute Gasteiger partial charge is 0.321 e. The van der Waals surface area contributed by atoms with Gasteiger partial charge in [-0.25, -0.2) is 0 Å². The quantitative estimate of drug-likeness (QED) is 0.676. The number of hydrogen-bond donors (Lipinski definition) is 3. The Kier molecular flexibility index (Phi) is 3.61. The van der Waals surface area contributed by atoms with Crippen LogP contribution in [0.3, 0.4) is 0 Å². The Morgan fingerprint density at radius 1 is 1.59 bits per heavy atom. The van der Waals surface area contributed by atoms with Crippen molar-refractivity contribution in [1.82, 2.24) is 5.32 Å². The van der Waals surface area contributed by atoms with Crippen LogP contribution in [0.25, 0.3) is 0 Å². The van der Waals surface area contributed by atoms with E-state index in [-0.39, 0.29) is 6.54 Å². The lowest BCUT2D eigenvalue weighted by Gasteiger charge is -2.09. The third kappa shape index (κ3) is 2.95. The summed E-state index contributed by atoms with van der Waals surface area (Å²) in [6.07, 6.45) is 0.942. The molecule has 0 radical (unpaired) electrons. The van der Waals surface area contributed by atoms with Crippen molar-refractivity contribution in [2.24, 2.45) is 5.73 Å². The molecule has 0 fully saturated rings. The summed E-state index contributed by atoms with van der Waals surface area (Å²) in [5.74, 6) is -0.0316. The normalized spacial score (nSPS) is 15.1. The van der Waals surface area contributed by atoms with E-state index in [0.717, 1.165) is 24.3 Å². The van der Waals surface area contributed by atoms with Gasteiger partial charge in [0.15, 0.2) is 0 Å². The van der Waals surface area contributed by atoms with Crippen LogP contribution in [0.2, 0.25) is 0 Å². The minimum absolute atomic E-state index is 0.267. The molecule has 0 spiro atoms. The molecular weight excluding hydrogens is 220 g/mol. The van der Waals surface area contributed by atoms with E-state index in [4.69, 9.17) is 15.6 Å². The Morgan fingerprint density at radius 2 is 2.41 bits per heavy atom. The van der Waals surface area contributed by atoms with E-state index in [2.05, 4.69) is 11.4 Å². The molecule has 0 amide bonds. The third-order valence-electron chi connectivity index (χ3n) is 2.76. The molecular formula is C12H16N2O3. The SMILES string of the molecule is NC(CNCc1ccc2c(c1)CCO2)C(=O)O. The Hall–Kier alpha value is -1.59. The summed E-state index contributed by atoms with van der Waals surface area (Å²) in [6, 6.07) is 5.16. The standard InChI is InChI=1S/C12H16N2O3/c13-10(12(15)16)7-14-6-8-1-2-11-9(5-8)3-4-17-11/h1-2,5,10,14H,3-4,6-7,13H2,(H,15,16). The average molecular weight is 236 g/mol. The first-order valence-corrected chi connectivity index (χ1v) is 5.60. The van der Waals surface area contributed by atoms with Gasteiger partial charge in [0.25, 0.3) is 0 Å². The Labute approximate surface area is 99.6 Å². The van der Waals surface area contributed by atoms with Gasteiger partial charge < -0.3 is 20.9 Å². The molecule has 2 rings (SSSR count). The Balaban J connectivity index is 1.85. The highest BCUT2D eigenvalue weighted by Gasteiger charge is 2.13. The van der Waals surface area contributed by atoms with Crippen molar-refractivity contribution in [2.75, 3.05) is 13.2 Å². The molecule has 1 aliphatic heterocycles. The van der Waals surface area contributed by atoms with Gasteiger partial charge in [-0.2, -0.15) is 0 Å². The molecule has 4 N–H and O–H groups in total. The molecule has 1 unspecified atom stereocenters. The number of fused-ring (bicyclic) bond motifs is 1. The van der Waals surface area contributed by atoms with Gasteiger partial charge in [-0.05, 0) is 17.2 Å². The first kappa shape index (κ1) is 11.9. The number of benzene rings is 1. The Morgan fingerprint density at radius 3 is 3.18 bits per heavy atom. The number of ether oxygens (including phenoxy) is 1. The molecule has 1 heterocycles. The molecule has 92 valence electrons. The van der Waals surface area contributed by atoms with Crippen molar-refractivity contribution >= 4 is 5.97 Å². The van der Waals surface area contributed by atoms with Gasteiger partial charge in [0, 0.05) is 19.5 Å². The molecule has 1 aromatic carbocycles. The summed E-state index contributed by atoms with van der Waals surface area (Å²) in [5, 5.41) is 11.7. The number of nitrogens with two attached hydrogens (primary N) is 1. The summed E-state index contributed by atoms with van der Waals surface area (Å²) < 4.78 is 5.41. The molecule has 0 aromatic heterocycles. The van der Waals surface area contributed by atoms with Gasteiger partial charge in [0.1, 0.15) is 11.8 Å². The minimum Gasteiger partial charge on any atom is -0.493 e. The molecule has 0 saturated carbocycles. The van der Waals surface area contributed by atoms with Gasteiger partial charge >= 0.3 is 5.97 Å². The molecule has 0 aliphatic carbocycles. The van der Waals surface area contributed by atoms with Gasteiger partial charge in [-0.3, -0.25) is 4.79 Å². The van der Waals surface area contributed by atoms with Gasteiger partial charge in [0.05, 0.1) is 6.61 Å². The number of carbonyl (C=O) groups is 1. The van der Waals surface area contributed by atoms with Crippen molar-refractivity contribution in [2.45, 2.75) is 19.0 Å². The lowest BCUT2D eigenvalue weighted by molar-refractivity contribution is -0.138. The molecule has 0 saturated heterocycles. The minimum atomic E-state index is -0.986. The van der Waals surface area contributed by atoms with Gasteiger partial charge in [-0.1, -0.05) is 12.1 Å². The maximum absolute atomic E-state index is 10.5. The number of rotatable bonds is 5. The fourth-order valence-electron chi connectivity index (χ4n) is 1.81. The van der Waals surface area contributed by atoms with Crippen LogP contribution < -0.4 is 15.8 Å². The van der Waals surface area contributed by atoms with Gasteiger partial charge in [-0.15, -0.1) is 0 Å². The number of carboxylic acid groups (broad SMARTS) is 1. The van der Waals surface area contributed by atoms with Crippen molar-refractivity contribution < 1.29 is 14.6 Å². The van der Waals surface area contributed by atoms with E-state index >= 15 is 0 Å². The van der Waals surface area contributed by atoms with Crippen molar-refractivity contribution in [3.05, 3.63) is 29.3 Å². The maximum atomic E-state index is 10.5. The van der Waals surface area contributed by atoms with Crippen molar-refractivity contribution in [3.8, 4) is 5.75 Å². The number of hydrogen-bond acceptors (Lipinski definition) is 4.